The fourth-order valence-corrected chi connectivity index (χ4v) is 5.36. The minimum absolute atomic E-state index is 0.00726. The molecule has 214 valence electrons. The molecule has 0 amide bonds. The van der Waals surface area contributed by atoms with E-state index in [2.05, 4.69) is 21.8 Å². The Morgan fingerprint density at radius 2 is 1.71 bits per heavy atom. The van der Waals surface area contributed by atoms with Crippen LogP contribution in [0.5, 0.6) is 5.88 Å². The fraction of sp³-hybridized carbons (Fsp3) is 0.219. The van der Waals surface area contributed by atoms with Gasteiger partial charge in [0.1, 0.15) is 5.82 Å². The highest BCUT2D eigenvalue weighted by atomic mass is 19.1. The Morgan fingerprint density at radius 1 is 0.976 bits per heavy atom. The molecule has 0 unspecified atom stereocenters. The number of rotatable bonds is 6. The minimum Gasteiger partial charge on any atom is -0.494 e. The van der Waals surface area contributed by atoms with Crippen LogP contribution in [0.1, 0.15) is 26.3 Å². The van der Waals surface area contributed by atoms with Crippen molar-refractivity contribution >= 4 is 45.1 Å². The highest BCUT2D eigenvalue weighted by molar-refractivity contribution is 6.22. The lowest BCUT2D eigenvalue weighted by molar-refractivity contribution is 0.0600. The number of aromatic hydroxyl groups is 1. The van der Waals surface area contributed by atoms with Crippen molar-refractivity contribution in [3.63, 3.8) is 0 Å². The average molecular weight is 568 g/mol. The number of halogens is 1. The van der Waals surface area contributed by atoms with Crippen LogP contribution in [0.2, 0.25) is 0 Å². The molecule has 0 aliphatic carbocycles. The average Bonchev–Trinajstić information content (AvgIpc) is 3.56. The quantitative estimate of drug-likeness (QED) is 0.226. The third-order valence-corrected chi connectivity index (χ3v) is 7.69. The van der Waals surface area contributed by atoms with E-state index in [1.54, 1.807) is 41.1 Å². The maximum atomic E-state index is 13.8. The first kappa shape index (κ1) is 27.4. The van der Waals surface area contributed by atoms with E-state index in [4.69, 9.17) is 9.73 Å². The van der Waals surface area contributed by atoms with E-state index in [1.165, 1.54) is 19.2 Å². The number of hydrogen-bond acceptors (Lipinski definition) is 7. The number of esters is 1. The van der Waals surface area contributed by atoms with Gasteiger partial charge in [0.05, 0.1) is 41.7 Å². The van der Waals surface area contributed by atoms with Crippen LogP contribution in [-0.4, -0.2) is 88.9 Å². The van der Waals surface area contributed by atoms with Crippen molar-refractivity contribution in [1.82, 2.24) is 19.4 Å². The van der Waals surface area contributed by atoms with Gasteiger partial charge in [0, 0.05) is 54.2 Å². The number of nitrogens with one attached hydrogen (secondary N) is 1. The van der Waals surface area contributed by atoms with Crippen LogP contribution < -0.4 is 0 Å². The van der Waals surface area contributed by atoms with Crippen LogP contribution >= 0.6 is 0 Å². The van der Waals surface area contributed by atoms with E-state index in [9.17, 15) is 19.1 Å². The van der Waals surface area contributed by atoms with E-state index in [0.29, 0.717) is 45.5 Å². The highest BCUT2D eigenvalue weighted by Crippen LogP contribution is 2.33. The summed E-state index contributed by atoms with van der Waals surface area (Å²) in [4.78, 5) is 37.4. The van der Waals surface area contributed by atoms with Crippen molar-refractivity contribution in [2.45, 2.75) is 0 Å². The van der Waals surface area contributed by atoms with Gasteiger partial charge in [-0.25, -0.2) is 14.2 Å². The third kappa shape index (κ3) is 5.29. The van der Waals surface area contributed by atoms with Crippen LogP contribution in [-0.2, 0) is 4.74 Å². The molecule has 1 saturated heterocycles. The zero-order valence-corrected chi connectivity index (χ0v) is 23.3. The van der Waals surface area contributed by atoms with Crippen LogP contribution in [0, 0.1) is 5.82 Å². The number of aromatic nitrogens is 2. The van der Waals surface area contributed by atoms with Gasteiger partial charge in [-0.2, -0.15) is 0 Å². The first-order chi connectivity index (χ1) is 20.3. The molecule has 1 fully saturated rings. The Kier molecular flexibility index (Phi) is 7.32. The molecule has 10 heteroatoms. The van der Waals surface area contributed by atoms with Crippen molar-refractivity contribution in [3.8, 4) is 5.88 Å². The number of likely N-dealkylation sites (N-methyl/N-ethyl adjacent to an activating group) is 1. The Hall–Kier alpha value is -4.80. The van der Waals surface area contributed by atoms with Gasteiger partial charge in [0.25, 0.3) is 0 Å². The van der Waals surface area contributed by atoms with Crippen molar-refractivity contribution < 1.29 is 23.8 Å². The van der Waals surface area contributed by atoms with Crippen molar-refractivity contribution in [1.29, 1.82) is 0 Å². The van der Waals surface area contributed by atoms with Gasteiger partial charge in [0.15, 0.2) is 5.88 Å². The van der Waals surface area contributed by atoms with Crippen LogP contribution in [0.4, 0.5) is 10.1 Å². The van der Waals surface area contributed by atoms with Gasteiger partial charge in [0.2, 0.25) is 5.91 Å². The SMILES string of the molecule is COC(=O)c1ccc2c(C(=Nc3ccc4c(ccn4C(=O)CN4CCN(C)CC4)c3)c3ccc(F)cc3)c(O)[nH]c2c1. The van der Waals surface area contributed by atoms with Crippen LogP contribution in [0.3, 0.4) is 0 Å². The number of piperazine rings is 1. The number of aliphatic imine (C=N–C) groups is 1. The molecule has 1 aliphatic heterocycles. The van der Waals surface area contributed by atoms with Gasteiger partial charge in [-0.05, 0) is 67.7 Å². The number of ether oxygens (including phenoxy) is 1. The highest BCUT2D eigenvalue weighted by Gasteiger charge is 2.21. The number of carbonyl (C=O) groups is 2. The first-order valence-electron chi connectivity index (χ1n) is 13.6. The van der Waals surface area contributed by atoms with Gasteiger partial charge < -0.3 is 19.7 Å². The molecule has 0 radical (unpaired) electrons. The Labute approximate surface area is 241 Å². The monoisotopic (exact) mass is 567 g/mol. The number of hydrogen-bond donors (Lipinski definition) is 2. The molecule has 0 atom stereocenters. The summed E-state index contributed by atoms with van der Waals surface area (Å²) in [5.74, 6) is -1.03. The van der Waals surface area contributed by atoms with Crippen LogP contribution in [0.25, 0.3) is 21.8 Å². The van der Waals surface area contributed by atoms with E-state index in [1.807, 2.05) is 24.3 Å². The maximum Gasteiger partial charge on any atom is 0.337 e. The Morgan fingerprint density at radius 3 is 2.45 bits per heavy atom. The molecule has 1 aliphatic rings. The van der Waals surface area contributed by atoms with Crippen LogP contribution in [0.15, 0.2) is 77.9 Å². The van der Waals surface area contributed by atoms with Crippen molar-refractivity contribution in [2.24, 2.45) is 4.99 Å². The fourth-order valence-electron chi connectivity index (χ4n) is 5.36. The van der Waals surface area contributed by atoms with Crippen molar-refractivity contribution in [2.75, 3.05) is 46.9 Å². The molecular formula is C32H30FN5O4. The second-order valence-electron chi connectivity index (χ2n) is 10.5. The number of nitrogens with zero attached hydrogens (tertiary/aromatic N) is 4. The van der Waals surface area contributed by atoms with E-state index in [-0.39, 0.29) is 11.8 Å². The maximum absolute atomic E-state index is 13.8. The zero-order chi connectivity index (χ0) is 29.4. The van der Waals surface area contributed by atoms with E-state index < -0.39 is 11.8 Å². The summed E-state index contributed by atoms with van der Waals surface area (Å²) in [6.07, 6.45) is 1.78. The molecular weight excluding hydrogens is 537 g/mol. The predicted molar refractivity (Wildman–Crippen MR) is 160 cm³/mol. The van der Waals surface area contributed by atoms with Gasteiger partial charge in [-0.1, -0.05) is 6.07 Å². The number of fused-ring (bicyclic) bond motifs is 2. The lowest BCUT2D eigenvalue weighted by Crippen LogP contribution is -2.46. The minimum atomic E-state index is -0.498. The molecule has 3 aromatic carbocycles. The predicted octanol–water partition coefficient (Wildman–Crippen LogP) is 4.81. The smallest absolute Gasteiger partial charge is 0.337 e. The van der Waals surface area contributed by atoms with Gasteiger partial charge in [-0.3, -0.25) is 14.3 Å². The van der Waals surface area contributed by atoms with Gasteiger partial charge >= 0.3 is 5.97 Å². The largest absolute Gasteiger partial charge is 0.494 e. The third-order valence-electron chi connectivity index (χ3n) is 7.69. The number of H-pyrrole nitrogens is 1. The Bertz CT molecular complexity index is 1830. The second-order valence-corrected chi connectivity index (χ2v) is 10.5. The number of carbonyl (C=O) groups excluding carboxylic acids is 2. The molecule has 3 heterocycles. The molecule has 42 heavy (non-hydrogen) atoms. The molecule has 2 aromatic heterocycles. The summed E-state index contributed by atoms with van der Waals surface area (Å²) in [7, 11) is 3.39. The molecule has 5 aromatic rings. The van der Waals surface area contributed by atoms with E-state index in [0.717, 1.165) is 37.1 Å². The lowest BCUT2D eigenvalue weighted by atomic mass is 10.00. The molecule has 2 N–H and O–H groups in total. The topological polar surface area (TPSA) is 103 Å². The molecule has 0 bridgehead atoms. The summed E-state index contributed by atoms with van der Waals surface area (Å²) in [6.45, 7) is 3.95. The Balaban J connectivity index is 1.38. The van der Waals surface area contributed by atoms with Gasteiger partial charge in [-0.15, -0.1) is 0 Å². The summed E-state index contributed by atoms with van der Waals surface area (Å²) < 4.78 is 20.3. The summed E-state index contributed by atoms with van der Waals surface area (Å²) in [5, 5.41) is 12.5. The lowest BCUT2D eigenvalue weighted by Gasteiger charge is -2.31. The molecule has 6 rings (SSSR count). The van der Waals surface area contributed by atoms with Crippen molar-refractivity contribution in [3.05, 3.63) is 95.4 Å². The summed E-state index contributed by atoms with van der Waals surface area (Å²) in [6, 6.07) is 18.2. The number of aromatic amines is 1. The zero-order valence-electron chi connectivity index (χ0n) is 23.3. The number of benzene rings is 3. The molecule has 0 saturated carbocycles. The first-order valence-corrected chi connectivity index (χ1v) is 13.6. The summed E-state index contributed by atoms with van der Waals surface area (Å²) >= 11 is 0. The molecule has 0 spiro atoms. The number of methoxy groups -OCH3 is 1. The van der Waals surface area contributed by atoms with E-state index >= 15 is 0 Å². The molecule has 9 nitrogen and oxygen atoms in total. The second kappa shape index (κ2) is 11.2. The standard InChI is InChI=1S/C32H30FN5O4/c1-36-13-15-37(16-14-36)19-28(39)38-12-11-21-17-24(8-10-27(21)38)34-30(20-3-6-23(33)7-4-20)29-25-9-5-22(32(41)42-2)18-26(25)35-31(29)40/h3-12,17-18,35,40H,13-16,19H2,1-2H3. The summed E-state index contributed by atoms with van der Waals surface area (Å²) in [5.41, 5.74) is 3.63. The normalized spacial score (nSPS) is 15.0.